The van der Waals surface area contributed by atoms with Crippen LogP contribution in [-0.2, 0) is 0 Å². The Morgan fingerprint density at radius 1 is 0.322 bits per heavy atom. The van der Waals surface area contributed by atoms with Crippen LogP contribution >= 0.6 is 0 Å². The second kappa shape index (κ2) is 14.4. The van der Waals surface area contributed by atoms with E-state index in [1.54, 1.807) is 0 Å². The lowest BCUT2D eigenvalue weighted by atomic mass is 9.87. The number of imidazole rings is 1. The zero-order valence-corrected chi connectivity index (χ0v) is 31.8. The summed E-state index contributed by atoms with van der Waals surface area (Å²) in [7, 11) is 0. The van der Waals surface area contributed by atoms with Crippen molar-refractivity contribution in [2.45, 2.75) is 0 Å². The second-order valence-corrected chi connectivity index (χ2v) is 14.5. The highest BCUT2D eigenvalue weighted by Crippen LogP contribution is 2.44. The molecule has 0 amide bonds. The van der Waals surface area contributed by atoms with Gasteiger partial charge in [-0.25, -0.2) is 19.9 Å². The molecule has 0 atom stereocenters. The Morgan fingerprint density at radius 2 is 0.763 bits per heavy atom. The third kappa shape index (κ3) is 6.11. The Hall–Kier alpha value is -8.09. The number of benzene rings is 8. The molecule has 276 valence electrons. The zero-order chi connectivity index (χ0) is 39.1. The first-order chi connectivity index (χ1) is 29.3. The summed E-state index contributed by atoms with van der Waals surface area (Å²) >= 11 is 0. The SMILES string of the molecule is c1ccc(-c2nc(-c3ccccc3)nc(-c3ccc(-c4c5ccccc5c(-c5ccc(-c6nc7ccccc7n6-c6ccccc6)cn5)c5ccccc45)cc3)n2)cc1. The van der Waals surface area contributed by atoms with Gasteiger partial charge in [0.05, 0.1) is 16.7 Å². The van der Waals surface area contributed by atoms with Crippen LogP contribution in [0.5, 0.6) is 0 Å². The third-order valence-corrected chi connectivity index (χ3v) is 10.9. The summed E-state index contributed by atoms with van der Waals surface area (Å²) in [5, 5.41) is 4.59. The molecule has 59 heavy (non-hydrogen) atoms. The molecule has 3 heterocycles. The average molecular weight is 755 g/mol. The third-order valence-electron chi connectivity index (χ3n) is 10.9. The molecule has 6 nitrogen and oxygen atoms in total. The number of fused-ring (bicyclic) bond motifs is 3. The van der Waals surface area contributed by atoms with Crippen molar-refractivity contribution >= 4 is 32.6 Å². The van der Waals surface area contributed by atoms with Crippen LogP contribution in [0, 0.1) is 0 Å². The number of pyridine rings is 1. The molecule has 0 aliphatic heterocycles. The molecule has 0 saturated heterocycles. The van der Waals surface area contributed by atoms with Gasteiger partial charge in [-0.15, -0.1) is 0 Å². The monoisotopic (exact) mass is 754 g/mol. The number of nitrogens with zero attached hydrogens (tertiary/aromatic N) is 6. The topological polar surface area (TPSA) is 69.4 Å². The molecule has 8 aromatic carbocycles. The molecular weight excluding hydrogens is 721 g/mol. The highest BCUT2D eigenvalue weighted by atomic mass is 15.1. The summed E-state index contributed by atoms with van der Waals surface area (Å²) in [6, 6.07) is 69.0. The molecule has 0 aliphatic rings. The van der Waals surface area contributed by atoms with E-state index in [1.807, 2.05) is 79.0 Å². The zero-order valence-electron chi connectivity index (χ0n) is 31.8. The lowest BCUT2D eigenvalue weighted by molar-refractivity contribution is 1.07. The molecule has 0 radical (unpaired) electrons. The van der Waals surface area contributed by atoms with Gasteiger partial charge >= 0.3 is 0 Å². The Labute approximate surface area is 340 Å². The molecule has 11 rings (SSSR count). The van der Waals surface area contributed by atoms with Gasteiger partial charge in [-0.2, -0.15) is 0 Å². The van der Waals surface area contributed by atoms with Crippen LogP contribution in [-0.4, -0.2) is 29.5 Å². The Bertz CT molecular complexity index is 3170. The van der Waals surface area contributed by atoms with Gasteiger partial charge < -0.3 is 0 Å². The van der Waals surface area contributed by atoms with Crippen LogP contribution in [0.4, 0.5) is 0 Å². The second-order valence-electron chi connectivity index (χ2n) is 14.5. The Balaban J connectivity index is 1.02. The smallest absolute Gasteiger partial charge is 0.164 e. The van der Waals surface area contributed by atoms with Crippen molar-refractivity contribution in [2.24, 2.45) is 0 Å². The van der Waals surface area contributed by atoms with Crippen molar-refractivity contribution in [2.75, 3.05) is 0 Å². The van der Waals surface area contributed by atoms with Crippen LogP contribution in [0.15, 0.2) is 206 Å². The van der Waals surface area contributed by atoms with Crippen LogP contribution in [0.1, 0.15) is 0 Å². The molecule has 6 heteroatoms. The van der Waals surface area contributed by atoms with E-state index in [-0.39, 0.29) is 0 Å². The lowest BCUT2D eigenvalue weighted by Gasteiger charge is -2.17. The van der Waals surface area contributed by atoms with Crippen molar-refractivity contribution in [3.8, 4) is 73.6 Å². The predicted octanol–water partition coefficient (Wildman–Crippen LogP) is 12.9. The predicted molar refractivity (Wildman–Crippen MR) is 240 cm³/mol. The molecule has 0 spiro atoms. The van der Waals surface area contributed by atoms with E-state index in [0.717, 1.165) is 83.2 Å². The van der Waals surface area contributed by atoms with Gasteiger partial charge in [0.15, 0.2) is 17.5 Å². The summed E-state index contributed by atoms with van der Waals surface area (Å²) in [6.45, 7) is 0. The summed E-state index contributed by atoms with van der Waals surface area (Å²) < 4.78 is 2.21. The summed E-state index contributed by atoms with van der Waals surface area (Å²) in [6.07, 6.45) is 1.96. The number of para-hydroxylation sites is 3. The minimum atomic E-state index is 0.628. The van der Waals surface area contributed by atoms with Crippen molar-refractivity contribution in [1.82, 2.24) is 29.5 Å². The Morgan fingerprint density at radius 3 is 1.31 bits per heavy atom. The van der Waals surface area contributed by atoms with Crippen LogP contribution in [0.2, 0.25) is 0 Å². The fourth-order valence-corrected chi connectivity index (χ4v) is 8.17. The minimum absolute atomic E-state index is 0.628. The molecule has 0 aliphatic carbocycles. The van der Waals surface area contributed by atoms with Crippen LogP contribution in [0.3, 0.4) is 0 Å². The molecule has 0 N–H and O–H groups in total. The molecular formula is C53H34N6. The summed E-state index contributed by atoms with van der Waals surface area (Å²) in [4.78, 5) is 25.1. The maximum atomic E-state index is 5.16. The highest BCUT2D eigenvalue weighted by Gasteiger charge is 2.20. The van der Waals surface area contributed by atoms with E-state index in [1.165, 1.54) is 5.56 Å². The van der Waals surface area contributed by atoms with Crippen LogP contribution < -0.4 is 0 Å². The lowest BCUT2D eigenvalue weighted by Crippen LogP contribution is -2.00. The maximum Gasteiger partial charge on any atom is 0.164 e. The maximum absolute atomic E-state index is 5.16. The summed E-state index contributed by atoms with van der Waals surface area (Å²) in [5.74, 6) is 2.77. The van der Waals surface area contributed by atoms with Gasteiger partial charge in [0, 0.05) is 39.7 Å². The first-order valence-corrected chi connectivity index (χ1v) is 19.7. The quantitative estimate of drug-likeness (QED) is 0.152. The van der Waals surface area contributed by atoms with E-state index in [4.69, 9.17) is 24.9 Å². The fourth-order valence-electron chi connectivity index (χ4n) is 8.17. The van der Waals surface area contributed by atoms with Gasteiger partial charge in [0.2, 0.25) is 0 Å². The fraction of sp³-hybridized carbons (Fsp3) is 0. The number of hydrogen-bond acceptors (Lipinski definition) is 5. The van der Waals surface area contributed by atoms with E-state index < -0.39 is 0 Å². The largest absolute Gasteiger partial charge is 0.292 e. The van der Waals surface area contributed by atoms with Crippen molar-refractivity contribution in [1.29, 1.82) is 0 Å². The van der Waals surface area contributed by atoms with E-state index in [9.17, 15) is 0 Å². The first-order valence-electron chi connectivity index (χ1n) is 19.7. The summed E-state index contributed by atoms with van der Waals surface area (Å²) in [5.41, 5.74) is 11.1. The van der Waals surface area contributed by atoms with Gasteiger partial charge in [0.1, 0.15) is 5.82 Å². The average Bonchev–Trinajstić information content (AvgIpc) is 3.71. The number of hydrogen-bond donors (Lipinski definition) is 0. The number of aromatic nitrogens is 6. The molecule has 0 fully saturated rings. The van der Waals surface area contributed by atoms with Crippen molar-refractivity contribution < 1.29 is 0 Å². The molecule has 0 unspecified atom stereocenters. The molecule has 0 bridgehead atoms. The minimum Gasteiger partial charge on any atom is -0.292 e. The number of rotatable bonds is 7. The molecule has 3 aromatic heterocycles. The molecule has 11 aromatic rings. The van der Waals surface area contributed by atoms with Crippen molar-refractivity contribution in [3.05, 3.63) is 206 Å². The normalized spacial score (nSPS) is 11.4. The van der Waals surface area contributed by atoms with E-state index in [2.05, 4.69) is 132 Å². The molecule has 0 saturated carbocycles. The standard InChI is InChI=1S/C53H34N6/c1-4-16-36(17-5-1)50-56-51(37-18-6-2-7-19-37)58-52(57-50)38-30-28-35(29-31-38)48-41-22-10-12-24-43(41)49(44-25-13-11-23-42(44)48)46-33-32-39(34-54-46)53-55-45-26-14-15-27-47(45)59(53)40-20-8-3-9-21-40/h1-34H. The van der Waals surface area contributed by atoms with Gasteiger partial charge in [-0.05, 0) is 69.1 Å². The van der Waals surface area contributed by atoms with Crippen LogP contribution in [0.25, 0.3) is 106 Å². The van der Waals surface area contributed by atoms with Gasteiger partial charge in [-0.3, -0.25) is 9.55 Å². The van der Waals surface area contributed by atoms with Gasteiger partial charge in [-0.1, -0.05) is 164 Å². The van der Waals surface area contributed by atoms with E-state index >= 15 is 0 Å². The van der Waals surface area contributed by atoms with Gasteiger partial charge in [0.25, 0.3) is 0 Å². The Kier molecular flexibility index (Phi) is 8.37. The van der Waals surface area contributed by atoms with E-state index in [0.29, 0.717) is 17.5 Å². The highest BCUT2D eigenvalue weighted by molar-refractivity contribution is 6.21. The first kappa shape index (κ1) is 34.2. The van der Waals surface area contributed by atoms with Crippen molar-refractivity contribution in [3.63, 3.8) is 0 Å².